The Hall–Kier alpha value is -1.13. The molecular formula is C11H16FNO3. The molecule has 0 aromatic carbocycles. The molecule has 1 aliphatic heterocycles. The Morgan fingerprint density at radius 1 is 1.50 bits per heavy atom. The predicted molar refractivity (Wildman–Crippen MR) is 54.9 cm³/mol. The lowest BCUT2D eigenvalue weighted by molar-refractivity contribution is -0.132. The molecule has 1 saturated heterocycles. The number of carbonyl (C=O) groups excluding carboxylic acids is 1. The number of ketones is 1. The van der Waals surface area contributed by atoms with E-state index in [9.17, 15) is 14.0 Å². The lowest BCUT2D eigenvalue weighted by Gasteiger charge is -2.36. The fourth-order valence-corrected chi connectivity index (χ4v) is 2.95. The van der Waals surface area contributed by atoms with E-state index in [-0.39, 0.29) is 11.7 Å². The minimum Gasteiger partial charge on any atom is -0.465 e. The van der Waals surface area contributed by atoms with Crippen molar-refractivity contribution in [3.05, 3.63) is 0 Å². The molecule has 1 heterocycles. The maximum atomic E-state index is 13.5. The Kier molecular flexibility index (Phi) is 2.64. The highest BCUT2D eigenvalue weighted by molar-refractivity contribution is 5.91. The van der Waals surface area contributed by atoms with Crippen molar-refractivity contribution in [2.45, 2.75) is 32.4 Å². The van der Waals surface area contributed by atoms with Gasteiger partial charge < -0.3 is 10.0 Å². The Morgan fingerprint density at radius 2 is 2.06 bits per heavy atom. The third-order valence-electron chi connectivity index (χ3n) is 3.98. The molecule has 90 valence electrons. The Morgan fingerprint density at radius 3 is 2.44 bits per heavy atom. The molecule has 0 radical (unpaired) electrons. The van der Waals surface area contributed by atoms with Crippen LogP contribution in [0.4, 0.5) is 9.18 Å². The van der Waals surface area contributed by atoms with Crippen molar-refractivity contribution in [3.63, 3.8) is 0 Å². The molecule has 1 amide bonds. The second kappa shape index (κ2) is 3.71. The molecule has 1 N–H and O–H groups in total. The second-order valence-electron chi connectivity index (χ2n) is 5.00. The van der Waals surface area contributed by atoms with Gasteiger partial charge in [-0.05, 0) is 25.2 Å². The van der Waals surface area contributed by atoms with Crippen LogP contribution in [0.5, 0.6) is 0 Å². The van der Waals surface area contributed by atoms with Crippen LogP contribution in [0.1, 0.15) is 26.2 Å². The van der Waals surface area contributed by atoms with Crippen LogP contribution in [-0.2, 0) is 4.79 Å². The van der Waals surface area contributed by atoms with E-state index < -0.39 is 17.7 Å². The van der Waals surface area contributed by atoms with Gasteiger partial charge in [-0.15, -0.1) is 0 Å². The number of piperidine rings is 1. The van der Waals surface area contributed by atoms with Crippen LogP contribution in [0, 0.1) is 11.3 Å². The molecule has 2 fully saturated rings. The van der Waals surface area contributed by atoms with E-state index in [4.69, 9.17) is 5.11 Å². The summed E-state index contributed by atoms with van der Waals surface area (Å²) in [6, 6.07) is 0. The van der Waals surface area contributed by atoms with Crippen LogP contribution < -0.4 is 0 Å². The summed E-state index contributed by atoms with van der Waals surface area (Å²) < 4.78 is 13.5. The van der Waals surface area contributed by atoms with Gasteiger partial charge in [0.15, 0.2) is 12.0 Å². The number of hydrogen-bond donors (Lipinski definition) is 1. The molecular weight excluding hydrogens is 213 g/mol. The SMILES string of the molecule is C[C@@H]1CC2(CCN(C(=O)O)CC2)C(=O)C1F. The number of amides is 1. The van der Waals surface area contributed by atoms with Crippen LogP contribution in [0.25, 0.3) is 0 Å². The summed E-state index contributed by atoms with van der Waals surface area (Å²) in [5.74, 6) is -0.520. The summed E-state index contributed by atoms with van der Waals surface area (Å²) in [6.07, 6.45) is -0.784. The normalized spacial score (nSPS) is 33.4. The Balaban J connectivity index is 2.08. The highest BCUT2D eigenvalue weighted by atomic mass is 19.1. The van der Waals surface area contributed by atoms with E-state index in [1.807, 2.05) is 0 Å². The average molecular weight is 229 g/mol. The largest absolute Gasteiger partial charge is 0.465 e. The van der Waals surface area contributed by atoms with Crippen molar-refractivity contribution in [3.8, 4) is 0 Å². The topological polar surface area (TPSA) is 57.6 Å². The summed E-state index contributed by atoms with van der Waals surface area (Å²) in [7, 11) is 0. The zero-order valence-corrected chi connectivity index (χ0v) is 9.28. The van der Waals surface area contributed by atoms with E-state index >= 15 is 0 Å². The van der Waals surface area contributed by atoms with Gasteiger partial charge in [0.05, 0.1) is 0 Å². The number of likely N-dealkylation sites (tertiary alicyclic amines) is 1. The van der Waals surface area contributed by atoms with Crippen molar-refractivity contribution in [1.82, 2.24) is 4.90 Å². The van der Waals surface area contributed by atoms with Crippen molar-refractivity contribution in [2.24, 2.45) is 11.3 Å². The third kappa shape index (κ3) is 1.58. The number of rotatable bonds is 0. The number of nitrogens with zero attached hydrogens (tertiary/aromatic N) is 1. The maximum Gasteiger partial charge on any atom is 0.407 e. The van der Waals surface area contributed by atoms with Gasteiger partial charge in [-0.3, -0.25) is 4.79 Å². The molecule has 1 aliphatic carbocycles. The van der Waals surface area contributed by atoms with Crippen LogP contribution in [0.15, 0.2) is 0 Å². The minimum atomic E-state index is -1.35. The fourth-order valence-electron chi connectivity index (χ4n) is 2.95. The number of alkyl halides is 1. The summed E-state index contributed by atoms with van der Waals surface area (Å²) in [5, 5.41) is 8.81. The molecule has 0 aromatic rings. The van der Waals surface area contributed by atoms with Gasteiger partial charge >= 0.3 is 6.09 Å². The molecule has 1 saturated carbocycles. The Bertz CT molecular complexity index is 323. The molecule has 5 heteroatoms. The Labute approximate surface area is 93.4 Å². The first kappa shape index (κ1) is 11.4. The van der Waals surface area contributed by atoms with Crippen molar-refractivity contribution in [1.29, 1.82) is 0 Å². The molecule has 1 unspecified atom stereocenters. The third-order valence-corrected chi connectivity index (χ3v) is 3.98. The molecule has 0 bridgehead atoms. The van der Waals surface area contributed by atoms with Crippen LogP contribution in [0.3, 0.4) is 0 Å². The first-order valence-electron chi connectivity index (χ1n) is 5.62. The molecule has 1 spiro atoms. The summed E-state index contributed by atoms with van der Waals surface area (Å²) >= 11 is 0. The summed E-state index contributed by atoms with van der Waals surface area (Å²) in [6.45, 7) is 2.45. The van der Waals surface area contributed by atoms with Gasteiger partial charge in [0.25, 0.3) is 0 Å². The van der Waals surface area contributed by atoms with Crippen molar-refractivity contribution < 1.29 is 19.1 Å². The maximum absolute atomic E-state index is 13.5. The van der Waals surface area contributed by atoms with E-state index in [1.54, 1.807) is 6.92 Å². The smallest absolute Gasteiger partial charge is 0.407 e. The number of carboxylic acid groups (broad SMARTS) is 1. The van der Waals surface area contributed by atoms with Gasteiger partial charge in [-0.1, -0.05) is 6.92 Å². The average Bonchev–Trinajstić information content (AvgIpc) is 2.45. The zero-order valence-electron chi connectivity index (χ0n) is 9.28. The van der Waals surface area contributed by atoms with Crippen molar-refractivity contribution in [2.75, 3.05) is 13.1 Å². The molecule has 4 nitrogen and oxygen atoms in total. The van der Waals surface area contributed by atoms with Crippen molar-refractivity contribution >= 4 is 11.9 Å². The first-order valence-corrected chi connectivity index (χ1v) is 5.62. The standard InChI is InChI=1S/C11H16FNO3/c1-7-6-11(9(14)8(7)12)2-4-13(5-3-11)10(15)16/h7-8H,2-6H2,1H3,(H,15,16)/t7-,8?/m1/s1. The predicted octanol–water partition coefficient (Wildman–Crippen LogP) is 1.69. The van der Waals surface area contributed by atoms with Crippen LogP contribution >= 0.6 is 0 Å². The lowest BCUT2D eigenvalue weighted by Crippen LogP contribution is -2.45. The van der Waals surface area contributed by atoms with Gasteiger partial charge in [0.2, 0.25) is 0 Å². The number of halogens is 1. The lowest BCUT2D eigenvalue weighted by atomic mass is 9.76. The van der Waals surface area contributed by atoms with Gasteiger partial charge in [-0.25, -0.2) is 9.18 Å². The molecule has 16 heavy (non-hydrogen) atoms. The highest BCUT2D eigenvalue weighted by Gasteiger charge is 2.53. The van der Waals surface area contributed by atoms with Gasteiger partial charge in [-0.2, -0.15) is 0 Å². The summed E-state index contributed by atoms with van der Waals surface area (Å²) in [5.41, 5.74) is -0.579. The summed E-state index contributed by atoms with van der Waals surface area (Å²) in [4.78, 5) is 23.9. The van der Waals surface area contributed by atoms with E-state index in [0.717, 1.165) is 0 Å². The molecule has 0 aromatic heterocycles. The molecule has 2 rings (SSSR count). The van der Waals surface area contributed by atoms with Crippen LogP contribution in [0.2, 0.25) is 0 Å². The zero-order chi connectivity index (χ0) is 11.9. The van der Waals surface area contributed by atoms with E-state index in [0.29, 0.717) is 32.4 Å². The van der Waals surface area contributed by atoms with E-state index in [1.165, 1.54) is 4.90 Å². The molecule has 2 aliphatic rings. The number of hydrogen-bond acceptors (Lipinski definition) is 2. The molecule has 2 atom stereocenters. The van der Waals surface area contributed by atoms with Gasteiger partial charge in [0.1, 0.15) is 0 Å². The van der Waals surface area contributed by atoms with Crippen LogP contribution in [-0.4, -0.2) is 41.1 Å². The number of carbonyl (C=O) groups is 2. The van der Waals surface area contributed by atoms with E-state index in [2.05, 4.69) is 0 Å². The monoisotopic (exact) mass is 229 g/mol. The first-order chi connectivity index (χ1) is 7.46. The quantitative estimate of drug-likeness (QED) is 0.687. The number of Topliss-reactive ketones (excluding diaryl/α,β-unsaturated/α-hetero) is 1. The highest BCUT2D eigenvalue weighted by Crippen LogP contribution is 2.47. The fraction of sp³-hybridized carbons (Fsp3) is 0.818. The minimum absolute atomic E-state index is 0.219. The second-order valence-corrected chi connectivity index (χ2v) is 5.00. The van der Waals surface area contributed by atoms with Gasteiger partial charge in [0, 0.05) is 18.5 Å².